The Labute approximate surface area is 136 Å². The second-order valence-corrected chi connectivity index (χ2v) is 5.59. The molecule has 1 heterocycles. The predicted octanol–water partition coefficient (Wildman–Crippen LogP) is 2.70. The monoisotopic (exact) mass is 317 g/mol. The first-order valence-corrected chi connectivity index (χ1v) is 8.00. The average Bonchev–Trinajstić information content (AvgIpc) is 2.53. The molecule has 5 heteroatoms. The molecule has 0 fully saturated rings. The first-order valence-electron chi connectivity index (χ1n) is 8.00. The summed E-state index contributed by atoms with van der Waals surface area (Å²) in [5, 5.41) is 0. The van der Waals surface area contributed by atoms with Gasteiger partial charge >= 0.3 is 11.9 Å². The van der Waals surface area contributed by atoms with Crippen LogP contribution in [-0.2, 0) is 25.5 Å². The molecule has 0 saturated heterocycles. The van der Waals surface area contributed by atoms with Crippen LogP contribution in [0.5, 0.6) is 0 Å². The van der Waals surface area contributed by atoms with E-state index in [1.807, 2.05) is 31.2 Å². The molecule has 0 spiro atoms. The molecule has 0 bridgehead atoms. The first-order chi connectivity index (χ1) is 11.0. The standard InChI is InChI=1S/C18H23NO4/c1-4-22-16(20)10-11-18(17(21)23-5-2)12-14-8-6-7-9-15(14)13(3)19-18/h6-9H,4-5,10-12H2,1-3H3. The Morgan fingerprint density at radius 2 is 1.87 bits per heavy atom. The van der Waals surface area contributed by atoms with E-state index in [4.69, 9.17) is 9.47 Å². The third-order valence-electron chi connectivity index (χ3n) is 3.98. The van der Waals surface area contributed by atoms with Crippen molar-refractivity contribution in [1.82, 2.24) is 0 Å². The Morgan fingerprint density at radius 1 is 1.17 bits per heavy atom. The quantitative estimate of drug-likeness (QED) is 0.757. The van der Waals surface area contributed by atoms with Crippen molar-refractivity contribution in [2.45, 2.75) is 45.6 Å². The van der Waals surface area contributed by atoms with Gasteiger partial charge in [0.15, 0.2) is 5.54 Å². The summed E-state index contributed by atoms with van der Waals surface area (Å²) < 4.78 is 10.2. The highest BCUT2D eigenvalue weighted by molar-refractivity contribution is 6.03. The first kappa shape index (κ1) is 17.2. The molecule has 0 aliphatic carbocycles. The van der Waals surface area contributed by atoms with Gasteiger partial charge in [-0.1, -0.05) is 24.3 Å². The molecule has 1 aliphatic heterocycles. The molecule has 1 unspecified atom stereocenters. The molecule has 1 aromatic rings. The van der Waals surface area contributed by atoms with Crippen molar-refractivity contribution >= 4 is 17.7 Å². The van der Waals surface area contributed by atoms with Gasteiger partial charge in [0, 0.05) is 18.6 Å². The highest BCUT2D eigenvalue weighted by Gasteiger charge is 2.43. The van der Waals surface area contributed by atoms with Crippen molar-refractivity contribution in [3.63, 3.8) is 0 Å². The van der Waals surface area contributed by atoms with Crippen LogP contribution in [0.3, 0.4) is 0 Å². The molecule has 0 radical (unpaired) electrons. The van der Waals surface area contributed by atoms with Crippen LogP contribution in [0.25, 0.3) is 0 Å². The van der Waals surface area contributed by atoms with Crippen molar-refractivity contribution in [2.24, 2.45) is 4.99 Å². The average molecular weight is 317 g/mol. The van der Waals surface area contributed by atoms with Crippen LogP contribution >= 0.6 is 0 Å². The van der Waals surface area contributed by atoms with E-state index in [-0.39, 0.29) is 31.4 Å². The number of rotatable bonds is 6. The molecule has 1 aromatic carbocycles. The number of esters is 2. The van der Waals surface area contributed by atoms with Gasteiger partial charge in [-0.3, -0.25) is 9.79 Å². The number of hydrogen-bond donors (Lipinski definition) is 0. The van der Waals surface area contributed by atoms with Crippen LogP contribution in [0.15, 0.2) is 29.3 Å². The lowest BCUT2D eigenvalue weighted by molar-refractivity contribution is -0.151. The molecular formula is C18H23NO4. The predicted molar refractivity (Wildman–Crippen MR) is 87.6 cm³/mol. The summed E-state index contributed by atoms with van der Waals surface area (Å²) in [6.07, 6.45) is 0.876. The van der Waals surface area contributed by atoms with E-state index in [1.165, 1.54) is 0 Å². The zero-order valence-electron chi connectivity index (χ0n) is 13.9. The Bertz CT molecular complexity index is 623. The van der Waals surface area contributed by atoms with Gasteiger partial charge in [-0.05, 0) is 38.3 Å². The number of nitrogens with zero attached hydrogens (tertiary/aromatic N) is 1. The molecule has 0 amide bonds. The van der Waals surface area contributed by atoms with E-state index in [1.54, 1.807) is 13.8 Å². The normalized spacial score (nSPS) is 19.5. The van der Waals surface area contributed by atoms with Crippen molar-refractivity contribution < 1.29 is 19.1 Å². The van der Waals surface area contributed by atoms with Crippen LogP contribution in [0.4, 0.5) is 0 Å². The maximum Gasteiger partial charge on any atom is 0.334 e. The second kappa shape index (κ2) is 7.40. The van der Waals surface area contributed by atoms with Gasteiger partial charge < -0.3 is 9.47 Å². The molecule has 2 rings (SSSR count). The summed E-state index contributed by atoms with van der Waals surface area (Å²) >= 11 is 0. The molecule has 0 saturated carbocycles. The van der Waals surface area contributed by atoms with Gasteiger partial charge in [0.2, 0.25) is 0 Å². The van der Waals surface area contributed by atoms with E-state index in [9.17, 15) is 9.59 Å². The Hall–Kier alpha value is -2.17. The summed E-state index contributed by atoms with van der Waals surface area (Å²) in [7, 11) is 0. The number of ether oxygens (including phenoxy) is 2. The minimum atomic E-state index is -1.04. The van der Waals surface area contributed by atoms with Crippen molar-refractivity contribution in [3.8, 4) is 0 Å². The summed E-state index contributed by atoms with van der Waals surface area (Å²) in [5.74, 6) is -0.693. The van der Waals surface area contributed by atoms with E-state index in [2.05, 4.69) is 4.99 Å². The number of fused-ring (bicyclic) bond motifs is 1. The maximum absolute atomic E-state index is 12.6. The topological polar surface area (TPSA) is 65.0 Å². The van der Waals surface area contributed by atoms with Gasteiger partial charge in [-0.15, -0.1) is 0 Å². The van der Waals surface area contributed by atoms with E-state index in [0.717, 1.165) is 16.8 Å². The number of hydrogen-bond acceptors (Lipinski definition) is 5. The van der Waals surface area contributed by atoms with Gasteiger partial charge in [0.1, 0.15) is 0 Å². The van der Waals surface area contributed by atoms with Crippen LogP contribution in [-0.4, -0.2) is 36.4 Å². The van der Waals surface area contributed by atoms with E-state index < -0.39 is 5.54 Å². The molecular weight excluding hydrogens is 294 g/mol. The van der Waals surface area contributed by atoms with Crippen LogP contribution in [0, 0.1) is 0 Å². The summed E-state index contributed by atoms with van der Waals surface area (Å²) in [4.78, 5) is 28.9. The van der Waals surface area contributed by atoms with E-state index >= 15 is 0 Å². The fourth-order valence-electron chi connectivity index (χ4n) is 2.93. The Morgan fingerprint density at radius 3 is 2.57 bits per heavy atom. The van der Waals surface area contributed by atoms with Crippen LogP contribution in [0.1, 0.15) is 44.7 Å². The molecule has 0 N–H and O–H groups in total. The summed E-state index contributed by atoms with van der Waals surface area (Å²) in [6.45, 7) is 6.03. The third kappa shape index (κ3) is 3.78. The molecule has 1 atom stereocenters. The fraction of sp³-hybridized carbons (Fsp3) is 0.500. The van der Waals surface area contributed by atoms with Crippen molar-refractivity contribution in [1.29, 1.82) is 0 Å². The second-order valence-electron chi connectivity index (χ2n) is 5.59. The lowest BCUT2D eigenvalue weighted by Gasteiger charge is -2.32. The summed E-state index contributed by atoms with van der Waals surface area (Å²) in [5.41, 5.74) is 1.85. The zero-order valence-corrected chi connectivity index (χ0v) is 13.9. The van der Waals surface area contributed by atoms with Gasteiger partial charge in [0.05, 0.1) is 13.2 Å². The van der Waals surface area contributed by atoms with E-state index in [0.29, 0.717) is 13.0 Å². The maximum atomic E-state index is 12.6. The molecule has 0 aromatic heterocycles. The Balaban J connectivity index is 2.31. The third-order valence-corrected chi connectivity index (χ3v) is 3.98. The van der Waals surface area contributed by atoms with Crippen LogP contribution in [0.2, 0.25) is 0 Å². The number of aliphatic imine (C=N–C) groups is 1. The number of carbonyl (C=O) groups is 2. The highest BCUT2D eigenvalue weighted by atomic mass is 16.5. The molecule has 5 nitrogen and oxygen atoms in total. The molecule has 1 aliphatic rings. The van der Waals surface area contributed by atoms with Crippen LogP contribution < -0.4 is 0 Å². The molecule has 23 heavy (non-hydrogen) atoms. The molecule has 124 valence electrons. The smallest absolute Gasteiger partial charge is 0.334 e. The SMILES string of the molecule is CCOC(=O)CCC1(C(=O)OCC)Cc2ccccc2C(C)=N1. The number of benzene rings is 1. The van der Waals surface area contributed by atoms with Gasteiger partial charge in [0.25, 0.3) is 0 Å². The van der Waals surface area contributed by atoms with Crippen molar-refractivity contribution in [2.75, 3.05) is 13.2 Å². The highest BCUT2D eigenvalue weighted by Crippen LogP contribution is 2.32. The van der Waals surface area contributed by atoms with Gasteiger partial charge in [-0.2, -0.15) is 0 Å². The zero-order chi connectivity index (χ0) is 16.9. The minimum Gasteiger partial charge on any atom is -0.466 e. The lowest BCUT2D eigenvalue weighted by Crippen LogP contribution is -2.44. The minimum absolute atomic E-state index is 0.144. The summed E-state index contributed by atoms with van der Waals surface area (Å²) in [6, 6.07) is 7.88. The van der Waals surface area contributed by atoms with Crippen molar-refractivity contribution in [3.05, 3.63) is 35.4 Å². The fourth-order valence-corrected chi connectivity index (χ4v) is 2.93. The number of carbonyl (C=O) groups excluding carboxylic acids is 2. The largest absolute Gasteiger partial charge is 0.466 e. The lowest BCUT2D eigenvalue weighted by atomic mass is 9.81. The Kier molecular flexibility index (Phi) is 5.53. The van der Waals surface area contributed by atoms with Gasteiger partial charge in [-0.25, -0.2) is 4.79 Å².